The minimum absolute atomic E-state index is 0.180. The highest BCUT2D eigenvalue weighted by Gasteiger charge is 2.19. The van der Waals surface area contributed by atoms with E-state index >= 15 is 0 Å². The van der Waals surface area contributed by atoms with E-state index in [4.69, 9.17) is 10.2 Å². The highest BCUT2D eigenvalue weighted by atomic mass is 16.3. The minimum atomic E-state index is -0.274. The highest BCUT2D eigenvalue weighted by Crippen LogP contribution is 2.18. The fourth-order valence-corrected chi connectivity index (χ4v) is 2.56. The van der Waals surface area contributed by atoms with Gasteiger partial charge >= 0.3 is 0 Å². The van der Waals surface area contributed by atoms with Crippen LogP contribution in [0.15, 0.2) is 10.7 Å². The van der Waals surface area contributed by atoms with Crippen LogP contribution in [0.5, 0.6) is 0 Å². The van der Waals surface area contributed by atoms with Crippen molar-refractivity contribution in [3.05, 3.63) is 17.8 Å². The molecule has 0 saturated carbocycles. The number of nitrogens with zero attached hydrogens (tertiary/aromatic N) is 1. The summed E-state index contributed by atoms with van der Waals surface area (Å²) in [7, 11) is 0. The third kappa shape index (κ3) is 7.95. The summed E-state index contributed by atoms with van der Waals surface area (Å²) in [5.74, 6) is 0.472. The second-order valence-corrected chi connectivity index (χ2v) is 6.93. The molecule has 0 aliphatic rings. The molecule has 0 saturated heterocycles. The number of hydrogen-bond donors (Lipinski definition) is 2. The van der Waals surface area contributed by atoms with Crippen LogP contribution in [0.4, 0.5) is 0 Å². The molecule has 138 valence electrons. The molecule has 1 atom stereocenters. The van der Waals surface area contributed by atoms with E-state index in [0.29, 0.717) is 18.1 Å². The molecule has 0 radical (unpaired) electrons. The molecule has 1 aromatic heterocycles. The van der Waals surface area contributed by atoms with Gasteiger partial charge in [0.05, 0.1) is 6.04 Å². The van der Waals surface area contributed by atoms with Crippen molar-refractivity contribution in [1.82, 2.24) is 10.3 Å². The predicted octanol–water partition coefficient (Wildman–Crippen LogP) is 4.59. The van der Waals surface area contributed by atoms with Gasteiger partial charge in [-0.15, -0.1) is 0 Å². The van der Waals surface area contributed by atoms with Gasteiger partial charge in [0.2, 0.25) is 5.89 Å². The maximum absolute atomic E-state index is 12.0. The van der Waals surface area contributed by atoms with Gasteiger partial charge in [-0.05, 0) is 12.3 Å². The molecule has 5 heteroatoms. The lowest BCUT2D eigenvalue weighted by molar-refractivity contribution is 0.0948. The Morgan fingerprint density at radius 1 is 1.12 bits per heavy atom. The van der Waals surface area contributed by atoms with Gasteiger partial charge in [0, 0.05) is 6.54 Å². The van der Waals surface area contributed by atoms with Crippen LogP contribution >= 0.6 is 0 Å². The van der Waals surface area contributed by atoms with Gasteiger partial charge in [-0.3, -0.25) is 4.79 Å². The molecule has 3 N–H and O–H groups in total. The first-order chi connectivity index (χ1) is 11.6. The van der Waals surface area contributed by atoms with Crippen LogP contribution in [0.3, 0.4) is 0 Å². The van der Waals surface area contributed by atoms with E-state index < -0.39 is 0 Å². The third-order valence-electron chi connectivity index (χ3n) is 4.32. The van der Waals surface area contributed by atoms with Crippen LogP contribution in [0.2, 0.25) is 0 Å². The molecule has 1 amide bonds. The van der Waals surface area contributed by atoms with Crippen molar-refractivity contribution < 1.29 is 9.21 Å². The van der Waals surface area contributed by atoms with Crippen LogP contribution < -0.4 is 11.1 Å². The summed E-state index contributed by atoms with van der Waals surface area (Å²) in [4.78, 5) is 16.2. The van der Waals surface area contributed by atoms with E-state index in [0.717, 1.165) is 12.8 Å². The monoisotopic (exact) mass is 337 g/mol. The van der Waals surface area contributed by atoms with E-state index in [1.807, 2.05) is 13.8 Å². The quantitative estimate of drug-likeness (QED) is 0.516. The lowest BCUT2D eigenvalue weighted by Crippen LogP contribution is -2.25. The first kappa shape index (κ1) is 20.7. The molecule has 1 heterocycles. The van der Waals surface area contributed by atoms with Crippen LogP contribution in [0.25, 0.3) is 0 Å². The summed E-state index contributed by atoms with van der Waals surface area (Å²) < 4.78 is 5.31. The number of nitrogens with one attached hydrogen (secondary N) is 1. The predicted molar refractivity (Wildman–Crippen MR) is 97.8 cm³/mol. The fraction of sp³-hybridized carbons (Fsp3) is 0.789. The second kappa shape index (κ2) is 12.1. The Balaban J connectivity index is 2.10. The Hall–Kier alpha value is -1.36. The lowest BCUT2D eigenvalue weighted by atomic mass is 10.1. The number of hydrogen-bond acceptors (Lipinski definition) is 4. The van der Waals surface area contributed by atoms with Crippen molar-refractivity contribution in [2.75, 3.05) is 6.54 Å². The van der Waals surface area contributed by atoms with Gasteiger partial charge in [-0.25, -0.2) is 4.98 Å². The Kier molecular flexibility index (Phi) is 10.4. The largest absolute Gasteiger partial charge is 0.446 e. The highest BCUT2D eigenvalue weighted by molar-refractivity contribution is 5.91. The van der Waals surface area contributed by atoms with Gasteiger partial charge in [-0.2, -0.15) is 0 Å². The molecule has 0 aromatic carbocycles. The number of nitrogens with two attached hydrogens (primary N) is 1. The summed E-state index contributed by atoms with van der Waals surface area (Å²) in [6, 6.07) is -0.274. The fourth-order valence-electron chi connectivity index (χ4n) is 2.56. The van der Waals surface area contributed by atoms with Crippen molar-refractivity contribution in [3.63, 3.8) is 0 Å². The standard InChI is InChI=1S/C19H35N3O2/c1-4-5-6-7-8-9-10-11-12-13-21-18(23)16-14-24-19(22-16)17(20)15(2)3/h14-15,17H,4-13,20H2,1-3H3,(H,21,23). The van der Waals surface area contributed by atoms with Crippen molar-refractivity contribution >= 4 is 5.91 Å². The van der Waals surface area contributed by atoms with Crippen molar-refractivity contribution in [1.29, 1.82) is 0 Å². The summed E-state index contributed by atoms with van der Waals surface area (Å²) in [5, 5.41) is 2.90. The number of carbonyl (C=O) groups excluding carboxylic acids is 1. The number of amides is 1. The molecule has 1 rings (SSSR count). The summed E-state index contributed by atoms with van der Waals surface area (Å²) in [6.45, 7) is 6.93. The molecule has 0 aliphatic heterocycles. The summed E-state index contributed by atoms with van der Waals surface area (Å²) >= 11 is 0. The first-order valence-electron chi connectivity index (χ1n) is 9.55. The van der Waals surface area contributed by atoms with Gasteiger partial charge in [0.1, 0.15) is 6.26 Å². The van der Waals surface area contributed by atoms with Crippen LogP contribution in [0, 0.1) is 5.92 Å². The van der Waals surface area contributed by atoms with E-state index in [-0.39, 0.29) is 17.9 Å². The van der Waals surface area contributed by atoms with Crippen LogP contribution in [-0.4, -0.2) is 17.4 Å². The molecule has 0 bridgehead atoms. The third-order valence-corrected chi connectivity index (χ3v) is 4.32. The lowest BCUT2D eigenvalue weighted by Gasteiger charge is -2.10. The van der Waals surface area contributed by atoms with Gasteiger partial charge in [-0.1, -0.05) is 72.1 Å². The Bertz CT molecular complexity index is 457. The number of aromatic nitrogens is 1. The first-order valence-corrected chi connectivity index (χ1v) is 9.55. The Labute approximate surface area is 146 Å². The van der Waals surface area contributed by atoms with E-state index in [2.05, 4.69) is 17.2 Å². The molecule has 1 aromatic rings. The number of unbranched alkanes of at least 4 members (excludes halogenated alkanes) is 8. The molecule has 1 unspecified atom stereocenters. The van der Waals surface area contributed by atoms with E-state index in [1.54, 1.807) is 0 Å². The average molecular weight is 338 g/mol. The number of carbonyl (C=O) groups is 1. The normalized spacial score (nSPS) is 12.5. The molecule has 0 aliphatic carbocycles. The molecule has 24 heavy (non-hydrogen) atoms. The van der Waals surface area contributed by atoms with Gasteiger partial charge < -0.3 is 15.5 Å². The average Bonchev–Trinajstić information content (AvgIpc) is 3.05. The smallest absolute Gasteiger partial charge is 0.273 e. The zero-order valence-electron chi connectivity index (χ0n) is 15.6. The topological polar surface area (TPSA) is 81.2 Å². The van der Waals surface area contributed by atoms with Crippen LogP contribution in [0.1, 0.15) is 101 Å². The second-order valence-electron chi connectivity index (χ2n) is 6.93. The van der Waals surface area contributed by atoms with Gasteiger partial charge in [0.15, 0.2) is 5.69 Å². The van der Waals surface area contributed by atoms with E-state index in [1.165, 1.54) is 51.2 Å². The molecular weight excluding hydrogens is 302 g/mol. The number of oxazole rings is 1. The molecule has 0 spiro atoms. The van der Waals surface area contributed by atoms with Crippen molar-refractivity contribution in [2.45, 2.75) is 84.6 Å². The maximum Gasteiger partial charge on any atom is 0.273 e. The minimum Gasteiger partial charge on any atom is -0.446 e. The Morgan fingerprint density at radius 2 is 1.71 bits per heavy atom. The Morgan fingerprint density at radius 3 is 2.29 bits per heavy atom. The van der Waals surface area contributed by atoms with Gasteiger partial charge in [0.25, 0.3) is 5.91 Å². The molecule has 0 fully saturated rings. The molecular formula is C19H35N3O2. The van der Waals surface area contributed by atoms with E-state index in [9.17, 15) is 4.79 Å². The maximum atomic E-state index is 12.0. The number of rotatable bonds is 13. The zero-order chi connectivity index (χ0) is 17.8. The summed E-state index contributed by atoms with van der Waals surface area (Å²) in [6.07, 6.45) is 12.8. The van der Waals surface area contributed by atoms with Crippen LogP contribution in [-0.2, 0) is 0 Å². The molecule has 5 nitrogen and oxygen atoms in total. The van der Waals surface area contributed by atoms with Crippen molar-refractivity contribution in [3.8, 4) is 0 Å². The zero-order valence-corrected chi connectivity index (χ0v) is 15.6. The van der Waals surface area contributed by atoms with Crippen molar-refractivity contribution in [2.24, 2.45) is 11.7 Å². The summed E-state index contributed by atoms with van der Waals surface area (Å²) in [5.41, 5.74) is 6.29. The SMILES string of the molecule is CCCCCCCCCCCNC(=O)c1coc(C(N)C(C)C)n1.